The predicted octanol–water partition coefficient (Wildman–Crippen LogP) is 5.17. The van der Waals surface area contributed by atoms with Gasteiger partial charge in [0.25, 0.3) is 6.71 Å². The number of fused-ring (bicyclic) bond motifs is 9. The number of nitrogens with zero attached hydrogens (tertiary/aromatic N) is 1. The van der Waals surface area contributed by atoms with Crippen molar-refractivity contribution in [1.82, 2.24) is 0 Å². The Balaban J connectivity index is 1.50. The minimum absolute atomic E-state index is 0.0739. The maximum Gasteiger partial charge on any atom is 0.298 e. The van der Waals surface area contributed by atoms with E-state index >= 15 is 0 Å². The smallest absolute Gasteiger partial charge is 0.298 e. The molecule has 0 radical (unpaired) electrons. The van der Waals surface area contributed by atoms with E-state index in [1.807, 2.05) is 6.07 Å². The fourth-order valence-corrected chi connectivity index (χ4v) is 6.13. The molecule has 4 aromatic rings. The molecule has 0 N–H and O–H groups in total. The Kier molecular flexibility index (Phi) is 3.17. The maximum atomic E-state index is 6.70. The van der Waals surface area contributed by atoms with Crippen molar-refractivity contribution in [2.75, 3.05) is 4.90 Å². The lowest BCUT2D eigenvalue weighted by Crippen LogP contribution is -2.54. The lowest BCUT2D eigenvalue weighted by Gasteiger charge is -2.36. The third-order valence-electron chi connectivity index (χ3n) is 7.41. The van der Waals surface area contributed by atoms with Gasteiger partial charge in [0.2, 0.25) is 0 Å². The molecule has 0 fully saturated rings. The van der Waals surface area contributed by atoms with Crippen molar-refractivity contribution in [2.45, 2.75) is 25.7 Å². The van der Waals surface area contributed by atoms with Gasteiger partial charge in [-0.1, -0.05) is 48.6 Å². The Morgan fingerprint density at radius 3 is 2.75 bits per heavy atom. The maximum absolute atomic E-state index is 6.70. The summed E-state index contributed by atoms with van der Waals surface area (Å²) in [6, 6.07) is 15.1. The van der Waals surface area contributed by atoms with Gasteiger partial charge in [0.15, 0.2) is 0 Å². The zero-order chi connectivity index (χ0) is 20.8. The first-order chi connectivity index (χ1) is 15.9. The number of benzene rings is 2. The van der Waals surface area contributed by atoms with Crippen LogP contribution in [-0.4, -0.2) is 6.71 Å². The highest BCUT2D eigenvalue weighted by atomic mass is 16.3. The van der Waals surface area contributed by atoms with Crippen molar-refractivity contribution >= 4 is 51.7 Å². The van der Waals surface area contributed by atoms with Gasteiger partial charge in [0.1, 0.15) is 17.1 Å². The summed E-state index contributed by atoms with van der Waals surface area (Å²) >= 11 is 0. The molecule has 2 aromatic heterocycles. The average molecular weight is 413 g/mol. The second kappa shape index (κ2) is 5.98. The van der Waals surface area contributed by atoms with Gasteiger partial charge in [-0.25, -0.2) is 0 Å². The Morgan fingerprint density at radius 1 is 0.875 bits per heavy atom. The molecular weight excluding hydrogens is 393 g/mol. The zero-order valence-electron chi connectivity index (χ0n) is 17.6. The molecule has 0 saturated heterocycles. The van der Waals surface area contributed by atoms with E-state index in [0.29, 0.717) is 0 Å². The predicted molar refractivity (Wildman–Crippen MR) is 131 cm³/mol. The second-order valence-corrected chi connectivity index (χ2v) is 9.07. The summed E-state index contributed by atoms with van der Waals surface area (Å²) in [5.41, 5.74) is 11.0. The molecule has 3 nitrogen and oxygen atoms in total. The van der Waals surface area contributed by atoms with E-state index < -0.39 is 0 Å². The number of para-hydroxylation sites is 1. The molecule has 4 heterocycles. The number of allylic oxidation sites excluding steroid dienone is 5. The Morgan fingerprint density at radius 2 is 1.81 bits per heavy atom. The molecule has 4 aliphatic rings. The zero-order valence-corrected chi connectivity index (χ0v) is 17.6. The molecule has 0 unspecified atom stereocenters. The monoisotopic (exact) mass is 413 g/mol. The summed E-state index contributed by atoms with van der Waals surface area (Å²) in [6.45, 7) is 0.0739. The molecule has 0 atom stereocenters. The van der Waals surface area contributed by atoms with E-state index in [4.69, 9.17) is 8.83 Å². The normalized spacial score (nSPS) is 17.3. The van der Waals surface area contributed by atoms with Gasteiger partial charge in [-0.2, -0.15) is 0 Å². The molecule has 0 amide bonds. The largest absolute Gasteiger partial charge is 0.468 e. The van der Waals surface area contributed by atoms with Crippen LogP contribution >= 0.6 is 0 Å². The van der Waals surface area contributed by atoms with Crippen molar-refractivity contribution in [3.05, 3.63) is 83.8 Å². The Hall–Kier alpha value is -3.66. The van der Waals surface area contributed by atoms with E-state index in [1.165, 1.54) is 44.5 Å². The van der Waals surface area contributed by atoms with Crippen LogP contribution in [0.1, 0.15) is 30.6 Å². The summed E-state index contributed by atoms with van der Waals surface area (Å²) in [7, 11) is 0. The lowest BCUT2D eigenvalue weighted by atomic mass is 9.39. The number of furan rings is 2. The third kappa shape index (κ3) is 1.98. The third-order valence-corrected chi connectivity index (χ3v) is 7.41. The van der Waals surface area contributed by atoms with E-state index in [2.05, 4.69) is 71.7 Å². The highest BCUT2D eigenvalue weighted by Crippen LogP contribution is 2.44. The van der Waals surface area contributed by atoms with Gasteiger partial charge in [-0.05, 0) is 60.9 Å². The fourth-order valence-electron chi connectivity index (χ4n) is 6.13. The summed E-state index contributed by atoms with van der Waals surface area (Å²) in [4.78, 5) is 2.49. The molecule has 32 heavy (non-hydrogen) atoms. The van der Waals surface area contributed by atoms with Crippen LogP contribution in [0.3, 0.4) is 0 Å². The number of rotatable bonds is 1. The molecular formula is C28H20BNO2. The Bertz CT molecular complexity index is 1550. The number of anilines is 2. The van der Waals surface area contributed by atoms with Gasteiger partial charge < -0.3 is 13.7 Å². The van der Waals surface area contributed by atoms with Gasteiger partial charge in [0, 0.05) is 27.9 Å². The van der Waals surface area contributed by atoms with Crippen LogP contribution in [0, 0.1) is 0 Å². The first-order valence-electron chi connectivity index (χ1n) is 11.5. The molecule has 2 aliphatic carbocycles. The van der Waals surface area contributed by atoms with Gasteiger partial charge in [-0.3, -0.25) is 0 Å². The van der Waals surface area contributed by atoms with Gasteiger partial charge >= 0.3 is 0 Å². The minimum atomic E-state index is 0.0739. The fraction of sp³-hybridized carbons (Fsp3) is 0.143. The first kappa shape index (κ1) is 17.0. The van der Waals surface area contributed by atoms with E-state index in [1.54, 1.807) is 0 Å². The van der Waals surface area contributed by atoms with Crippen LogP contribution < -0.4 is 21.5 Å². The van der Waals surface area contributed by atoms with Crippen molar-refractivity contribution in [2.24, 2.45) is 0 Å². The lowest BCUT2D eigenvalue weighted by molar-refractivity contribution is 0.581. The number of hydrogen-bond donors (Lipinski definition) is 0. The van der Waals surface area contributed by atoms with Crippen LogP contribution in [0.5, 0.6) is 0 Å². The molecule has 2 aromatic carbocycles. The molecule has 152 valence electrons. The van der Waals surface area contributed by atoms with Crippen LogP contribution in [0.25, 0.3) is 28.4 Å². The van der Waals surface area contributed by atoms with Crippen LogP contribution in [-0.2, 0) is 6.42 Å². The van der Waals surface area contributed by atoms with Crippen LogP contribution in [0.4, 0.5) is 11.4 Å². The highest BCUT2D eigenvalue weighted by molar-refractivity contribution is 7.01. The molecule has 8 rings (SSSR count). The summed E-state index contributed by atoms with van der Waals surface area (Å²) in [6.07, 6.45) is 15.3. The van der Waals surface area contributed by atoms with Crippen molar-refractivity contribution in [3.8, 4) is 11.3 Å². The van der Waals surface area contributed by atoms with Crippen molar-refractivity contribution in [1.29, 1.82) is 0 Å². The quantitative estimate of drug-likeness (QED) is 0.355. The summed E-state index contributed by atoms with van der Waals surface area (Å²) in [5, 5.41) is 1.19. The molecule has 0 bridgehead atoms. The van der Waals surface area contributed by atoms with Crippen molar-refractivity contribution in [3.63, 3.8) is 0 Å². The van der Waals surface area contributed by atoms with Crippen LogP contribution in [0.2, 0.25) is 0 Å². The highest BCUT2D eigenvalue weighted by Gasteiger charge is 2.49. The number of hydrogen-bond acceptors (Lipinski definition) is 3. The van der Waals surface area contributed by atoms with E-state index in [9.17, 15) is 0 Å². The molecule has 4 heteroatoms. The molecule has 0 saturated carbocycles. The Labute approximate surface area is 186 Å². The van der Waals surface area contributed by atoms with Gasteiger partial charge in [-0.15, -0.1) is 0 Å². The summed E-state index contributed by atoms with van der Waals surface area (Å²) < 4.78 is 13.2. The topological polar surface area (TPSA) is 29.5 Å². The first-order valence-corrected chi connectivity index (χ1v) is 11.5. The van der Waals surface area contributed by atoms with Crippen molar-refractivity contribution < 1.29 is 8.83 Å². The van der Waals surface area contributed by atoms with E-state index in [-0.39, 0.29) is 6.71 Å². The SMILES string of the molecule is C1=CCCC(N2c3cccc4c3B(c3oc5c(c32)CCC=C5)c2c-4oc3ccccc23)=C1. The van der Waals surface area contributed by atoms with Gasteiger partial charge in [0.05, 0.1) is 11.3 Å². The van der Waals surface area contributed by atoms with E-state index in [0.717, 1.165) is 48.4 Å². The minimum Gasteiger partial charge on any atom is -0.468 e. The average Bonchev–Trinajstić information content (AvgIpc) is 3.50. The van der Waals surface area contributed by atoms with Crippen LogP contribution in [0.15, 0.2) is 81.3 Å². The standard InChI is InChI=1S/C28H20BNO2/c1-2-9-17(10-3-1)30-21-14-8-13-20-24(21)29(25-18-11-4-6-15-22(18)31-27(20)25)28-26(30)19-12-5-7-16-23(19)32-28/h1-2,4,6-9,11,13-16H,3,5,10,12H2. The molecule has 2 aliphatic heterocycles. The second-order valence-electron chi connectivity index (χ2n) is 9.07. The summed E-state index contributed by atoms with van der Waals surface area (Å²) in [5.74, 6) is 2.03. The molecule has 0 spiro atoms.